The summed E-state index contributed by atoms with van der Waals surface area (Å²) in [5.41, 5.74) is -12.6. The predicted molar refractivity (Wildman–Crippen MR) is 58.6 cm³/mol. The summed E-state index contributed by atoms with van der Waals surface area (Å²) >= 11 is 0. The molecule has 0 aliphatic carbocycles. The second kappa shape index (κ2) is 7.96. The lowest BCUT2D eigenvalue weighted by Crippen LogP contribution is -2.66. The molecule has 0 radical (unpaired) electrons. The van der Waals surface area contributed by atoms with E-state index in [1.165, 1.54) is 0 Å². The second-order valence-corrected chi connectivity index (χ2v) is 5.43. The fourth-order valence-corrected chi connectivity index (χ4v) is 1.59. The van der Waals surface area contributed by atoms with Gasteiger partial charge >= 0.3 is 54.2 Å². The number of rotatable bonds is 7. The maximum absolute atomic E-state index is 13.9. The molecule has 0 saturated heterocycles. The van der Waals surface area contributed by atoms with Gasteiger partial charge < -0.3 is 5.11 Å². The minimum Gasteiger partial charge on any atom is -0.478 e. The van der Waals surface area contributed by atoms with Gasteiger partial charge in [0.25, 0.3) is 0 Å². The van der Waals surface area contributed by atoms with Gasteiger partial charge in [0.2, 0.25) is 0 Å². The number of carboxylic acids is 1. The predicted octanol–water partition coefficient (Wildman–Crippen LogP) is 6.16. The van der Waals surface area contributed by atoms with Crippen LogP contribution in [0, 0.1) is 0 Å². The molecule has 0 fully saturated rings. The van der Waals surface area contributed by atoms with E-state index in [1.54, 1.807) is 0 Å². The van der Waals surface area contributed by atoms with E-state index in [0.717, 1.165) is 4.74 Å². The first-order chi connectivity index (χ1) is 13.9. The first kappa shape index (κ1) is 30.8. The van der Waals surface area contributed by atoms with E-state index < -0.39 is 65.6 Å². The molecule has 196 valence electrons. The van der Waals surface area contributed by atoms with Crippen LogP contribution in [0.2, 0.25) is 0 Å². The van der Waals surface area contributed by atoms with Crippen molar-refractivity contribution in [3.8, 4) is 0 Å². The summed E-state index contributed by atoms with van der Waals surface area (Å²) in [6, 6.07) is 0. The number of carbonyl (C=O) groups is 1. The van der Waals surface area contributed by atoms with E-state index in [2.05, 4.69) is 0 Å². The smallest absolute Gasteiger partial charge is 0.460 e. The molecule has 0 aliphatic heterocycles. The van der Waals surface area contributed by atoms with Crippen LogP contribution in [-0.2, 0) is 9.53 Å². The largest absolute Gasteiger partial charge is 0.478 e. The lowest BCUT2D eigenvalue weighted by atomic mass is 9.97. The first-order valence-corrected chi connectivity index (χ1v) is 6.68. The number of halogens is 19. The number of carboxylic acid groups (broad SMARTS) is 1. The second-order valence-electron chi connectivity index (χ2n) is 5.43. The summed E-state index contributed by atoms with van der Waals surface area (Å²) in [7, 11) is 0. The van der Waals surface area contributed by atoms with Crippen LogP contribution in [-0.4, -0.2) is 59.3 Å². The number of alkyl halides is 18. The summed E-state index contributed by atoms with van der Waals surface area (Å²) in [6.45, 7) is 0. The van der Waals surface area contributed by atoms with Gasteiger partial charge in [-0.05, 0) is 0 Å². The van der Waals surface area contributed by atoms with E-state index in [0.29, 0.717) is 0 Å². The molecule has 1 N–H and O–H groups in total. The minimum atomic E-state index is -8.33. The third kappa shape index (κ3) is 4.88. The van der Waals surface area contributed by atoms with Crippen LogP contribution in [0.5, 0.6) is 0 Å². The van der Waals surface area contributed by atoms with Crippen molar-refractivity contribution in [3.63, 3.8) is 0 Å². The van der Waals surface area contributed by atoms with Crippen LogP contribution in [0.3, 0.4) is 0 Å². The molecule has 0 saturated carbocycles. The molecule has 0 spiro atoms. The molecular weight excluding hydrogens is 541 g/mol. The average molecular weight is 542 g/mol. The van der Waals surface area contributed by atoms with Crippen molar-refractivity contribution in [3.05, 3.63) is 11.4 Å². The Bertz CT molecular complexity index is 784. The van der Waals surface area contributed by atoms with Gasteiger partial charge in [-0.3, -0.25) is 0 Å². The normalized spacial score (nSPS) is 18.0. The van der Waals surface area contributed by atoms with Crippen molar-refractivity contribution in [1.82, 2.24) is 0 Å². The topological polar surface area (TPSA) is 46.5 Å². The Kier molecular flexibility index (Phi) is 7.44. The highest BCUT2D eigenvalue weighted by atomic mass is 19.4. The van der Waals surface area contributed by atoms with Crippen LogP contribution < -0.4 is 0 Å². The molecule has 0 rings (SSSR count). The standard InChI is InChI=1S/C11HF19O3/c12-2(1(3(31)32)5(14,15)16)4(13,8(21,22)23)10(27,28)33-11(29,30)7(19,20)6(17,18)9(24,25)26/h(H,31,32). The fraction of sp³-hybridized carbons (Fsp3) is 0.727. The van der Waals surface area contributed by atoms with Crippen molar-refractivity contribution in [2.45, 2.75) is 48.3 Å². The molecule has 0 heterocycles. The number of aliphatic carboxylic acids is 1. The summed E-state index contributed by atoms with van der Waals surface area (Å²) < 4.78 is 243. The Morgan fingerprint density at radius 3 is 1.18 bits per heavy atom. The van der Waals surface area contributed by atoms with E-state index in [9.17, 15) is 88.2 Å². The average Bonchev–Trinajstić information content (AvgIpc) is 2.48. The Morgan fingerprint density at radius 1 is 0.576 bits per heavy atom. The Hall–Kier alpha value is -2.16. The zero-order chi connectivity index (χ0) is 27.4. The molecule has 0 amide bonds. The Balaban J connectivity index is 7.10. The molecule has 33 heavy (non-hydrogen) atoms. The van der Waals surface area contributed by atoms with E-state index in [-0.39, 0.29) is 0 Å². The maximum Gasteiger partial charge on any atom is 0.460 e. The van der Waals surface area contributed by atoms with E-state index in [4.69, 9.17) is 5.11 Å². The quantitative estimate of drug-likeness (QED) is 0.310. The van der Waals surface area contributed by atoms with Crippen LogP contribution in [0.15, 0.2) is 11.4 Å². The summed E-state index contributed by atoms with van der Waals surface area (Å²) in [5.74, 6) is -25.7. The zero-order valence-corrected chi connectivity index (χ0v) is 13.9. The van der Waals surface area contributed by atoms with Gasteiger partial charge in [0.05, 0.1) is 0 Å². The SMILES string of the molecule is O=C(O)C(=C(F)C(F)(C(F)(F)F)C(F)(F)OC(F)(F)C(F)(F)C(F)(F)C(F)(F)F)C(F)(F)F. The molecule has 0 bridgehead atoms. The van der Waals surface area contributed by atoms with Crippen molar-refractivity contribution in [2.75, 3.05) is 0 Å². The van der Waals surface area contributed by atoms with Gasteiger partial charge in [0.1, 0.15) is 0 Å². The third-order valence-electron chi connectivity index (χ3n) is 3.18. The molecule has 0 aromatic heterocycles. The minimum absolute atomic E-state index is 1.10. The fourth-order valence-electron chi connectivity index (χ4n) is 1.59. The summed E-state index contributed by atoms with van der Waals surface area (Å²) in [5, 5.41) is 8.00. The van der Waals surface area contributed by atoms with Gasteiger partial charge in [-0.2, -0.15) is 74.6 Å². The van der Waals surface area contributed by atoms with Gasteiger partial charge in [0.15, 0.2) is 11.4 Å². The number of ether oxygens (including phenoxy) is 1. The van der Waals surface area contributed by atoms with Crippen LogP contribution in [0.4, 0.5) is 83.4 Å². The van der Waals surface area contributed by atoms with Crippen LogP contribution >= 0.6 is 0 Å². The summed E-state index contributed by atoms with van der Waals surface area (Å²) in [6.07, 6.45) is -39.3. The van der Waals surface area contributed by atoms with Gasteiger partial charge in [0, 0.05) is 0 Å². The third-order valence-corrected chi connectivity index (χ3v) is 3.18. The summed E-state index contributed by atoms with van der Waals surface area (Å²) in [4.78, 5) is 10.2. The van der Waals surface area contributed by atoms with Crippen LogP contribution in [0.1, 0.15) is 0 Å². The van der Waals surface area contributed by atoms with E-state index in [1.807, 2.05) is 0 Å². The highest BCUT2D eigenvalue weighted by molar-refractivity contribution is 5.89. The van der Waals surface area contributed by atoms with Crippen LogP contribution in [0.25, 0.3) is 0 Å². The Labute approximate surface area is 165 Å². The highest BCUT2D eigenvalue weighted by Crippen LogP contribution is 2.59. The molecule has 1 atom stereocenters. The van der Waals surface area contributed by atoms with Crippen molar-refractivity contribution >= 4 is 5.97 Å². The molecular formula is C11HF19O3. The monoisotopic (exact) mass is 542 g/mol. The van der Waals surface area contributed by atoms with E-state index >= 15 is 0 Å². The lowest BCUT2D eigenvalue weighted by Gasteiger charge is -2.38. The number of hydrogen-bond acceptors (Lipinski definition) is 2. The molecule has 1 unspecified atom stereocenters. The molecule has 0 aromatic rings. The molecule has 22 heteroatoms. The van der Waals surface area contributed by atoms with Crippen molar-refractivity contribution in [1.29, 1.82) is 0 Å². The lowest BCUT2D eigenvalue weighted by molar-refractivity contribution is -0.503. The highest BCUT2D eigenvalue weighted by Gasteiger charge is 2.87. The zero-order valence-electron chi connectivity index (χ0n) is 13.9. The van der Waals surface area contributed by atoms with Gasteiger partial charge in [-0.15, -0.1) is 0 Å². The van der Waals surface area contributed by atoms with Gasteiger partial charge in [-0.25, -0.2) is 18.3 Å². The molecule has 0 aliphatic rings. The number of hydrogen-bond donors (Lipinski definition) is 1. The van der Waals surface area contributed by atoms with Crippen molar-refractivity contribution in [2.24, 2.45) is 0 Å². The van der Waals surface area contributed by atoms with Gasteiger partial charge in [-0.1, -0.05) is 0 Å². The Morgan fingerprint density at radius 2 is 0.939 bits per heavy atom. The molecule has 0 aromatic carbocycles. The maximum atomic E-state index is 13.9. The van der Waals surface area contributed by atoms with Crippen molar-refractivity contribution < 1.29 is 98.1 Å². The first-order valence-electron chi connectivity index (χ1n) is 6.68. The molecule has 3 nitrogen and oxygen atoms in total.